The first-order valence-electron chi connectivity index (χ1n) is 10.6. The van der Waals surface area contributed by atoms with Crippen LogP contribution in [0.4, 0.5) is 25.0 Å². The molecule has 2 amide bonds. The number of carbonyl (C=O) groups is 2. The molecule has 0 radical (unpaired) electrons. The molecule has 1 saturated carbocycles. The molecular weight excluding hydrogens is 412 g/mol. The Morgan fingerprint density at radius 1 is 1.13 bits per heavy atom. The average Bonchev–Trinajstić information content (AvgIpc) is 3.13. The molecule has 3 heterocycles. The number of anilines is 2. The minimum Gasteiger partial charge on any atom is -0.442 e. The number of halogens is 2. The molecule has 3 saturated heterocycles. The molecule has 6 nitrogen and oxygen atoms in total. The van der Waals surface area contributed by atoms with Crippen LogP contribution >= 0.6 is 11.8 Å². The molecule has 1 aromatic rings. The van der Waals surface area contributed by atoms with Crippen LogP contribution in [0, 0.1) is 17.6 Å². The van der Waals surface area contributed by atoms with Crippen LogP contribution in [0.1, 0.15) is 32.1 Å². The zero-order valence-corrected chi connectivity index (χ0v) is 17.4. The maximum absolute atomic E-state index is 15.0. The van der Waals surface area contributed by atoms with Crippen LogP contribution < -0.4 is 15.1 Å². The third kappa shape index (κ3) is 3.50. The fourth-order valence-corrected chi connectivity index (χ4v) is 6.15. The van der Waals surface area contributed by atoms with Crippen molar-refractivity contribution in [2.24, 2.45) is 5.92 Å². The van der Waals surface area contributed by atoms with Crippen molar-refractivity contribution in [1.29, 1.82) is 0 Å². The van der Waals surface area contributed by atoms with Gasteiger partial charge < -0.3 is 15.0 Å². The lowest BCUT2D eigenvalue weighted by Crippen LogP contribution is -2.43. The highest BCUT2D eigenvalue weighted by atomic mass is 32.2. The minimum absolute atomic E-state index is 0.0171. The maximum atomic E-state index is 15.0. The Hall–Kier alpha value is -2.03. The predicted molar refractivity (Wildman–Crippen MR) is 111 cm³/mol. The Morgan fingerprint density at radius 3 is 2.40 bits per heavy atom. The first kappa shape index (κ1) is 19.9. The molecule has 1 unspecified atom stereocenters. The van der Waals surface area contributed by atoms with E-state index >= 15 is 8.78 Å². The van der Waals surface area contributed by atoms with E-state index in [9.17, 15) is 9.59 Å². The van der Waals surface area contributed by atoms with E-state index in [2.05, 4.69) is 5.32 Å². The summed E-state index contributed by atoms with van der Waals surface area (Å²) in [6.45, 7) is 0.350. The standard InChI is InChI=1S/C21H25F2N3O3S/c22-17-6-15(7-18(23)19(17)26-13-4-5-14(26)11-30-10-13)25-9-16(29-21(25)28)8-24-20(27)12-2-1-3-12/h6-7,12-14,16H,1-5,8-11H2,(H,24,27)/t13-,14+,16?. The molecule has 1 aliphatic carbocycles. The summed E-state index contributed by atoms with van der Waals surface area (Å²) < 4.78 is 35.3. The van der Waals surface area contributed by atoms with Gasteiger partial charge in [-0.05, 0) is 25.7 Å². The molecule has 9 heteroatoms. The van der Waals surface area contributed by atoms with E-state index in [0.29, 0.717) is 0 Å². The van der Waals surface area contributed by atoms with Gasteiger partial charge in [0.25, 0.3) is 0 Å². The summed E-state index contributed by atoms with van der Waals surface area (Å²) in [6.07, 6.45) is 3.56. The van der Waals surface area contributed by atoms with Crippen LogP contribution in [0.2, 0.25) is 0 Å². The van der Waals surface area contributed by atoms with Gasteiger partial charge in [-0.2, -0.15) is 11.8 Å². The number of carbonyl (C=O) groups excluding carboxylic acids is 2. The lowest BCUT2D eigenvalue weighted by Gasteiger charge is -2.37. The van der Waals surface area contributed by atoms with E-state index in [1.165, 1.54) is 17.0 Å². The summed E-state index contributed by atoms with van der Waals surface area (Å²) in [5.74, 6) is 0.490. The average molecular weight is 438 g/mol. The van der Waals surface area contributed by atoms with Gasteiger partial charge in [0.05, 0.1) is 18.8 Å². The Bertz CT molecular complexity index is 827. The quantitative estimate of drug-likeness (QED) is 0.766. The molecular formula is C21H25F2N3O3S. The van der Waals surface area contributed by atoms with Gasteiger partial charge in [-0.1, -0.05) is 6.42 Å². The van der Waals surface area contributed by atoms with Gasteiger partial charge in [0.1, 0.15) is 11.8 Å². The zero-order chi connectivity index (χ0) is 20.8. The molecule has 5 rings (SSSR count). The minimum atomic E-state index is -0.654. The van der Waals surface area contributed by atoms with Gasteiger partial charge in [0.2, 0.25) is 5.91 Å². The summed E-state index contributed by atoms with van der Waals surface area (Å²) in [7, 11) is 0. The topological polar surface area (TPSA) is 61.9 Å². The number of hydrogen-bond donors (Lipinski definition) is 1. The molecule has 0 spiro atoms. The van der Waals surface area contributed by atoms with Crippen LogP contribution in [0.3, 0.4) is 0 Å². The third-order valence-corrected chi connectivity index (χ3v) is 7.91. The van der Waals surface area contributed by atoms with Gasteiger partial charge in [-0.25, -0.2) is 13.6 Å². The molecule has 0 aromatic heterocycles. The van der Waals surface area contributed by atoms with Gasteiger partial charge >= 0.3 is 6.09 Å². The number of thioether (sulfide) groups is 1. The lowest BCUT2D eigenvalue weighted by molar-refractivity contribution is -0.127. The maximum Gasteiger partial charge on any atom is 0.414 e. The Labute approximate surface area is 178 Å². The SMILES string of the molecule is O=C(NCC1CN(c2cc(F)c(N3[C@@H]4CC[C@H]3CSC4)c(F)c2)C(=O)O1)C1CCC1. The number of nitrogens with one attached hydrogen (secondary N) is 1. The van der Waals surface area contributed by atoms with Crippen molar-refractivity contribution in [3.8, 4) is 0 Å². The highest BCUT2D eigenvalue weighted by molar-refractivity contribution is 7.99. The smallest absolute Gasteiger partial charge is 0.414 e. The van der Waals surface area contributed by atoms with Gasteiger partial charge in [0, 0.05) is 41.6 Å². The second-order valence-corrected chi connectivity index (χ2v) is 9.65. The van der Waals surface area contributed by atoms with Crippen molar-refractivity contribution >= 4 is 35.1 Å². The van der Waals surface area contributed by atoms with Crippen molar-refractivity contribution in [3.63, 3.8) is 0 Å². The van der Waals surface area contributed by atoms with E-state index in [-0.39, 0.29) is 48.4 Å². The zero-order valence-electron chi connectivity index (χ0n) is 16.6. The monoisotopic (exact) mass is 437 g/mol. The van der Waals surface area contributed by atoms with Crippen LogP contribution in [-0.4, -0.2) is 54.8 Å². The van der Waals surface area contributed by atoms with Crippen LogP contribution in [0.5, 0.6) is 0 Å². The van der Waals surface area contributed by atoms with Crippen LogP contribution in [-0.2, 0) is 9.53 Å². The van der Waals surface area contributed by atoms with Crippen molar-refractivity contribution < 1.29 is 23.1 Å². The fraction of sp³-hybridized carbons (Fsp3) is 0.619. The van der Waals surface area contributed by atoms with Crippen molar-refractivity contribution in [3.05, 3.63) is 23.8 Å². The summed E-state index contributed by atoms with van der Waals surface area (Å²) in [6, 6.07) is 2.75. The van der Waals surface area contributed by atoms with Gasteiger partial charge in [-0.15, -0.1) is 0 Å². The normalized spacial score (nSPS) is 28.5. The van der Waals surface area contributed by atoms with Gasteiger partial charge in [0.15, 0.2) is 11.6 Å². The van der Waals surface area contributed by atoms with E-state index < -0.39 is 23.8 Å². The molecule has 3 atom stereocenters. The van der Waals surface area contributed by atoms with Crippen molar-refractivity contribution in [2.45, 2.75) is 50.3 Å². The first-order chi connectivity index (χ1) is 14.5. The number of fused-ring (bicyclic) bond motifs is 2. The van der Waals surface area contributed by atoms with E-state index in [1.54, 1.807) is 0 Å². The molecule has 1 N–H and O–H groups in total. The second-order valence-electron chi connectivity index (χ2n) is 8.58. The van der Waals surface area contributed by atoms with Crippen LogP contribution in [0.15, 0.2) is 12.1 Å². The number of cyclic esters (lactones) is 1. The Kier molecular flexibility index (Phi) is 5.24. The van der Waals surface area contributed by atoms with Crippen molar-refractivity contribution in [1.82, 2.24) is 5.32 Å². The molecule has 30 heavy (non-hydrogen) atoms. The number of ether oxygens (including phenoxy) is 1. The molecule has 3 aliphatic heterocycles. The lowest BCUT2D eigenvalue weighted by atomic mass is 9.85. The number of hydrogen-bond acceptors (Lipinski definition) is 5. The van der Waals surface area contributed by atoms with E-state index in [0.717, 1.165) is 43.6 Å². The van der Waals surface area contributed by atoms with E-state index in [4.69, 9.17) is 4.74 Å². The van der Waals surface area contributed by atoms with Crippen LogP contribution in [0.25, 0.3) is 0 Å². The number of rotatable bonds is 5. The fourth-order valence-electron chi connectivity index (χ4n) is 4.82. The van der Waals surface area contributed by atoms with E-state index in [1.807, 2.05) is 16.7 Å². The summed E-state index contributed by atoms with van der Waals surface area (Å²) in [5, 5.41) is 2.81. The third-order valence-electron chi connectivity index (χ3n) is 6.67. The van der Waals surface area contributed by atoms with Gasteiger partial charge in [-0.3, -0.25) is 9.69 Å². The number of nitrogens with zero attached hydrogens (tertiary/aromatic N) is 2. The molecule has 162 valence electrons. The highest BCUT2D eigenvalue weighted by Gasteiger charge is 2.40. The molecule has 4 aliphatic rings. The molecule has 2 bridgehead atoms. The second kappa shape index (κ2) is 7.90. The molecule has 4 fully saturated rings. The first-order valence-corrected chi connectivity index (χ1v) is 11.8. The largest absolute Gasteiger partial charge is 0.442 e. The highest BCUT2D eigenvalue weighted by Crippen LogP contribution is 2.41. The summed E-state index contributed by atoms with van der Waals surface area (Å²) in [4.78, 5) is 27.4. The Balaban J connectivity index is 1.28. The van der Waals surface area contributed by atoms with Crippen molar-refractivity contribution in [2.75, 3.05) is 34.4 Å². The number of amides is 2. The number of benzene rings is 1. The summed E-state index contributed by atoms with van der Waals surface area (Å²) >= 11 is 1.84. The molecule has 1 aromatic carbocycles. The summed E-state index contributed by atoms with van der Waals surface area (Å²) in [5.41, 5.74) is 0.161. The predicted octanol–water partition coefficient (Wildman–Crippen LogP) is 3.29. The Morgan fingerprint density at radius 2 is 1.80 bits per heavy atom.